The van der Waals surface area contributed by atoms with Crippen molar-refractivity contribution < 1.29 is 9.59 Å². The van der Waals surface area contributed by atoms with E-state index in [0.29, 0.717) is 6.54 Å². The molecule has 0 saturated carbocycles. The summed E-state index contributed by atoms with van der Waals surface area (Å²) in [4.78, 5) is 28.0. The van der Waals surface area contributed by atoms with Gasteiger partial charge in [0.05, 0.1) is 17.5 Å². The maximum atomic E-state index is 12.2. The van der Waals surface area contributed by atoms with Crippen molar-refractivity contribution in [2.24, 2.45) is 0 Å². The number of likely N-dealkylation sites (tertiary alicyclic amines) is 1. The van der Waals surface area contributed by atoms with Gasteiger partial charge in [-0.25, -0.2) is 0 Å². The molecule has 2 N–H and O–H groups in total. The van der Waals surface area contributed by atoms with Crippen LogP contribution in [0.2, 0.25) is 0 Å². The fraction of sp³-hybridized carbons (Fsp3) is 0.400. The van der Waals surface area contributed by atoms with Gasteiger partial charge in [0.15, 0.2) is 0 Å². The smallest absolute Gasteiger partial charge is 0.234 e. The van der Waals surface area contributed by atoms with Crippen LogP contribution in [0.5, 0.6) is 0 Å². The van der Waals surface area contributed by atoms with Crippen LogP contribution in [0.1, 0.15) is 23.8 Å². The van der Waals surface area contributed by atoms with E-state index >= 15 is 0 Å². The first-order chi connectivity index (χ1) is 13.6. The number of hydrogen-bond donors (Lipinski definition) is 2. The number of halogens is 1. The topological polar surface area (TPSA) is 61.4 Å². The Labute approximate surface area is 182 Å². The average Bonchev–Trinajstić information content (AvgIpc) is 3.36. The van der Waals surface area contributed by atoms with Crippen LogP contribution in [0.3, 0.4) is 0 Å². The second-order valence-electron chi connectivity index (χ2n) is 6.63. The molecular weight excluding hydrogens is 458 g/mol. The van der Waals surface area contributed by atoms with Crippen LogP contribution >= 0.6 is 39.0 Å². The van der Waals surface area contributed by atoms with Crippen LogP contribution < -0.4 is 10.6 Å². The van der Waals surface area contributed by atoms with Crippen molar-refractivity contribution in [3.8, 4) is 0 Å². The summed E-state index contributed by atoms with van der Waals surface area (Å²) in [6, 6.07) is 11.9. The molecular formula is C20H24BrN3O2S2. The SMILES string of the molecule is O=C(CSCC(=O)Nc1cccc(Br)c1)NCC(c1cccs1)N1CCCC1. The van der Waals surface area contributed by atoms with Gasteiger partial charge in [-0.1, -0.05) is 28.1 Å². The molecule has 2 amide bonds. The summed E-state index contributed by atoms with van der Waals surface area (Å²) < 4.78 is 0.913. The predicted octanol–water partition coefficient (Wildman–Crippen LogP) is 4.14. The maximum absolute atomic E-state index is 12.2. The van der Waals surface area contributed by atoms with Gasteiger partial charge < -0.3 is 10.6 Å². The Morgan fingerprint density at radius 3 is 2.64 bits per heavy atom. The number of carbonyl (C=O) groups excluding carboxylic acids is 2. The van der Waals surface area contributed by atoms with Crippen LogP contribution in [0.15, 0.2) is 46.3 Å². The van der Waals surface area contributed by atoms with Gasteiger partial charge >= 0.3 is 0 Å². The molecule has 1 aliphatic heterocycles. The minimum Gasteiger partial charge on any atom is -0.353 e. The van der Waals surface area contributed by atoms with Gasteiger partial charge in [0.25, 0.3) is 0 Å². The molecule has 2 aromatic rings. The number of amides is 2. The number of nitrogens with one attached hydrogen (secondary N) is 2. The summed E-state index contributed by atoms with van der Waals surface area (Å²) in [5.41, 5.74) is 0.744. The zero-order valence-corrected chi connectivity index (χ0v) is 18.7. The molecule has 1 unspecified atom stereocenters. The molecule has 1 fully saturated rings. The Balaban J connectivity index is 1.39. The van der Waals surface area contributed by atoms with E-state index in [-0.39, 0.29) is 29.4 Å². The van der Waals surface area contributed by atoms with E-state index in [2.05, 4.69) is 49.0 Å². The van der Waals surface area contributed by atoms with Crippen molar-refractivity contribution in [3.05, 3.63) is 51.1 Å². The summed E-state index contributed by atoms with van der Waals surface area (Å²) in [6.45, 7) is 2.79. The molecule has 0 aliphatic carbocycles. The van der Waals surface area contributed by atoms with Gasteiger partial charge in [0.2, 0.25) is 11.8 Å². The van der Waals surface area contributed by atoms with E-state index in [9.17, 15) is 9.59 Å². The third kappa shape index (κ3) is 6.62. The van der Waals surface area contributed by atoms with E-state index in [0.717, 1.165) is 23.2 Å². The largest absolute Gasteiger partial charge is 0.353 e. The third-order valence-electron chi connectivity index (χ3n) is 4.52. The molecule has 0 radical (unpaired) electrons. The monoisotopic (exact) mass is 481 g/mol. The second-order valence-corrected chi connectivity index (χ2v) is 9.51. The van der Waals surface area contributed by atoms with Crippen molar-refractivity contribution >= 4 is 56.5 Å². The summed E-state index contributed by atoms with van der Waals surface area (Å²) in [6.07, 6.45) is 2.44. The molecule has 1 aromatic carbocycles. The Kier molecular flexibility index (Phi) is 8.39. The second kappa shape index (κ2) is 11.0. The lowest BCUT2D eigenvalue weighted by molar-refractivity contribution is -0.118. The number of nitrogens with zero attached hydrogens (tertiary/aromatic N) is 1. The van der Waals surface area contributed by atoms with E-state index in [1.54, 1.807) is 11.3 Å². The quantitative estimate of drug-likeness (QED) is 0.564. The van der Waals surface area contributed by atoms with E-state index in [4.69, 9.17) is 0 Å². The molecule has 3 rings (SSSR count). The van der Waals surface area contributed by atoms with Gasteiger partial charge in [-0.3, -0.25) is 14.5 Å². The van der Waals surface area contributed by atoms with E-state index < -0.39 is 0 Å². The minimum atomic E-state index is -0.107. The van der Waals surface area contributed by atoms with Crippen LogP contribution in [0.25, 0.3) is 0 Å². The molecule has 1 saturated heterocycles. The van der Waals surface area contributed by atoms with Gasteiger partial charge in [-0.15, -0.1) is 23.1 Å². The number of carbonyl (C=O) groups is 2. The van der Waals surface area contributed by atoms with Crippen molar-refractivity contribution in [2.45, 2.75) is 18.9 Å². The van der Waals surface area contributed by atoms with Gasteiger partial charge in [0.1, 0.15) is 0 Å². The van der Waals surface area contributed by atoms with E-state index in [1.165, 1.54) is 29.5 Å². The highest BCUT2D eigenvalue weighted by Gasteiger charge is 2.24. The first-order valence-corrected chi connectivity index (χ1v) is 12.1. The lowest BCUT2D eigenvalue weighted by atomic mass is 10.2. The highest BCUT2D eigenvalue weighted by molar-refractivity contribution is 9.10. The summed E-state index contributed by atoms with van der Waals surface area (Å²) in [7, 11) is 0. The Morgan fingerprint density at radius 2 is 1.93 bits per heavy atom. The predicted molar refractivity (Wildman–Crippen MR) is 121 cm³/mol. The zero-order chi connectivity index (χ0) is 19.8. The molecule has 0 spiro atoms. The highest BCUT2D eigenvalue weighted by Crippen LogP contribution is 2.27. The lowest BCUT2D eigenvalue weighted by Gasteiger charge is -2.26. The highest BCUT2D eigenvalue weighted by atomic mass is 79.9. The Bertz CT molecular complexity index is 780. The molecule has 28 heavy (non-hydrogen) atoms. The summed E-state index contributed by atoms with van der Waals surface area (Å²) in [5.74, 6) is 0.397. The van der Waals surface area contributed by atoms with Crippen molar-refractivity contribution in [3.63, 3.8) is 0 Å². The molecule has 0 bridgehead atoms. The number of benzene rings is 1. The van der Waals surface area contributed by atoms with Crippen molar-refractivity contribution in [1.29, 1.82) is 0 Å². The van der Waals surface area contributed by atoms with Crippen LogP contribution in [0, 0.1) is 0 Å². The fourth-order valence-electron chi connectivity index (χ4n) is 3.21. The van der Waals surface area contributed by atoms with E-state index in [1.807, 2.05) is 24.3 Å². The molecule has 1 aliphatic rings. The number of rotatable bonds is 9. The molecule has 2 heterocycles. The summed E-state index contributed by atoms with van der Waals surface area (Å²) >= 11 is 6.45. The van der Waals surface area contributed by atoms with Crippen molar-refractivity contribution in [1.82, 2.24) is 10.2 Å². The number of hydrogen-bond acceptors (Lipinski definition) is 5. The number of thiophene rings is 1. The number of thioether (sulfide) groups is 1. The lowest BCUT2D eigenvalue weighted by Crippen LogP contribution is -2.37. The molecule has 5 nitrogen and oxygen atoms in total. The normalized spacial score (nSPS) is 15.3. The first kappa shape index (κ1) is 21.4. The minimum absolute atomic E-state index is 0.0268. The maximum Gasteiger partial charge on any atom is 0.234 e. The standard InChI is InChI=1S/C20H24BrN3O2S2/c21-15-5-3-6-16(11-15)23-20(26)14-27-13-19(25)22-12-17(18-7-4-10-28-18)24-8-1-2-9-24/h3-7,10-11,17H,1-2,8-9,12-14H2,(H,22,25)(H,23,26). The Hall–Kier alpha value is -1.35. The van der Waals surface area contributed by atoms with Gasteiger partial charge in [-0.2, -0.15) is 0 Å². The number of anilines is 1. The molecule has 8 heteroatoms. The zero-order valence-electron chi connectivity index (χ0n) is 15.5. The van der Waals surface area contributed by atoms with Crippen LogP contribution in [-0.2, 0) is 9.59 Å². The Morgan fingerprint density at radius 1 is 1.14 bits per heavy atom. The van der Waals surface area contributed by atoms with Gasteiger partial charge in [-0.05, 0) is 55.6 Å². The molecule has 1 aromatic heterocycles. The van der Waals surface area contributed by atoms with Crippen LogP contribution in [0.4, 0.5) is 5.69 Å². The van der Waals surface area contributed by atoms with Crippen molar-refractivity contribution in [2.75, 3.05) is 36.5 Å². The molecule has 150 valence electrons. The molecule has 1 atom stereocenters. The van der Waals surface area contributed by atoms with Crippen LogP contribution in [-0.4, -0.2) is 47.9 Å². The first-order valence-electron chi connectivity index (χ1n) is 9.29. The van der Waals surface area contributed by atoms with Gasteiger partial charge in [0, 0.05) is 21.6 Å². The third-order valence-corrected chi connectivity index (χ3v) is 6.92. The fourth-order valence-corrected chi connectivity index (χ4v) is 5.11. The summed E-state index contributed by atoms with van der Waals surface area (Å²) in [5, 5.41) is 7.97. The average molecular weight is 482 g/mol.